The SMILES string of the molecule is Cc1cc(N2Cc3cc(-c4ccccc4)ccc3-c3ccc(Oc4cccc(-n5[c](=[Pt])n(-c6c(-c7ccccc7)cc(C(C)(C)C)cc6-c6ccccc6)c6ccccc65)c4)cc32)ncc1-c1ccccc1. The number of para-hydroxylation sites is 2. The number of rotatable bonds is 9. The van der Waals surface area contributed by atoms with Crippen LogP contribution in [-0.4, -0.2) is 14.1 Å². The van der Waals surface area contributed by atoms with Crippen LogP contribution in [0.15, 0.2) is 231 Å². The molecule has 12 rings (SSSR count). The zero-order valence-corrected chi connectivity index (χ0v) is 42.9. The Bertz CT molecular complexity index is 3810. The number of aryl methyl sites for hydroxylation is 1. The average molecular weight is 1110 g/mol. The Hall–Kier alpha value is -8.11. The number of aromatic nitrogens is 3. The maximum absolute atomic E-state index is 6.93. The number of hydrogen-bond donors (Lipinski definition) is 0. The molecule has 0 spiro atoms. The minimum absolute atomic E-state index is 0.0739. The first-order chi connectivity index (χ1) is 35.2. The molecular weight excluding hydrogens is 1060 g/mol. The molecule has 0 fully saturated rings. The van der Waals surface area contributed by atoms with E-state index in [1.54, 1.807) is 0 Å². The first-order valence-electron chi connectivity index (χ1n) is 24.5. The number of ether oxygens (including phenoxy) is 1. The van der Waals surface area contributed by atoms with E-state index in [4.69, 9.17) is 9.72 Å². The van der Waals surface area contributed by atoms with Gasteiger partial charge in [-0.25, -0.2) is 0 Å². The summed E-state index contributed by atoms with van der Waals surface area (Å²) in [5.41, 5.74) is 20.8. The summed E-state index contributed by atoms with van der Waals surface area (Å²) in [6.45, 7) is 9.73. The smallest absolute Gasteiger partial charge is 0.0622 e. The van der Waals surface area contributed by atoms with Crippen molar-refractivity contribution in [1.29, 1.82) is 0 Å². The molecular formula is C66H52N4OPt. The molecule has 5 nitrogen and oxygen atoms in total. The molecule has 352 valence electrons. The van der Waals surface area contributed by atoms with Crippen molar-refractivity contribution in [3.8, 4) is 78.5 Å². The third kappa shape index (κ3) is 8.34. The summed E-state index contributed by atoms with van der Waals surface area (Å²) in [5, 5.41) is 0. The third-order valence-corrected chi connectivity index (χ3v) is 15.0. The Labute approximate surface area is 432 Å². The number of nitrogens with zero attached hydrogens (tertiary/aromatic N) is 4. The van der Waals surface area contributed by atoms with Crippen LogP contribution in [0.4, 0.5) is 11.5 Å². The zero-order chi connectivity index (χ0) is 48.9. The molecule has 11 aromatic rings. The number of hydrogen-bond acceptors (Lipinski definition) is 3. The minimum Gasteiger partial charge on any atom is -0.0622 e. The van der Waals surface area contributed by atoms with E-state index >= 15 is 0 Å². The van der Waals surface area contributed by atoms with Crippen molar-refractivity contribution in [2.45, 2.75) is 39.7 Å². The van der Waals surface area contributed by atoms with Gasteiger partial charge in [0, 0.05) is 11.8 Å². The molecule has 1 aliphatic rings. The van der Waals surface area contributed by atoms with Gasteiger partial charge in [-0.3, -0.25) is 0 Å². The van der Waals surface area contributed by atoms with Gasteiger partial charge in [0.1, 0.15) is 0 Å². The standard InChI is InChI=1S/C66H52N4O.Pt/c1-45-36-64(67-42-60(45)49-26-15-8-16-27-49)68-43-51-37-50(46-20-9-5-10-21-46)32-34-56(51)57-35-33-55(41-63(57)68)71-54-29-19-28-53(40-54)69-44-70(62-31-18-17-30-61(62)69)65-58(47-22-11-6-12-23-47)38-52(66(2,3)4)39-59(65)48-24-13-7-14-25-48;/h5-42H,43H2,1-4H3;. The number of pyridine rings is 1. The van der Waals surface area contributed by atoms with Gasteiger partial charge in [0.2, 0.25) is 0 Å². The van der Waals surface area contributed by atoms with Gasteiger partial charge in [0.05, 0.1) is 0 Å². The third-order valence-electron chi connectivity index (χ3n) is 13.9. The summed E-state index contributed by atoms with van der Waals surface area (Å²) < 4.78 is 12.8. The second-order valence-electron chi connectivity index (χ2n) is 19.6. The van der Waals surface area contributed by atoms with E-state index < -0.39 is 0 Å². The van der Waals surface area contributed by atoms with Crippen LogP contribution in [0.5, 0.6) is 11.5 Å². The van der Waals surface area contributed by atoms with E-state index in [1.165, 1.54) is 55.6 Å². The van der Waals surface area contributed by atoms with Crippen LogP contribution in [0, 0.1) is 10.7 Å². The van der Waals surface area contributed by atoms with E-state index in [-0.39, 0.29) is 5.41 Å². The normalized spacial score (nSPS) is 12.2. The molecule has 1 aliphatic heterocycles. The molecule has 3 heterocycles. The van der Waals surface area contributed by atoms with Crippen molar-refractivity contribution >= 4 is 22.5 Å². The van der Waals surface area contributed by atoms with E-state index in [1.807, 2.05) is 12.3 Å². The molecule has 0 saturated carbocycles. The van der Waals surface area contributed by atoms with Crippen molar-refractivity contribution in [3.05, 3.63) is 251 Å². The second-order valence-corrected chi connectivity index (χ2v) is 20.6. The van der Waals surface area contributed by atoms with Gasteiger partial charge in [-0.2, -0.15) is 0 Å². The maximum atomic E-state index is 6.93. The predicted molar refractivity (Wildman–Crippen MR) is 293 cm³/mol. The van der Waals surface area contributed by atoms with Crippen LogP contribution < -0.4 is 9.64 Å². The van der Waals surface area contributed by atoms with E-state index in [9.17, 15) is 0 Å². The molecule has 6 heteroatoms. The van der Waals surface area contributed by atoms with Gasteiger partial charge in [-0.05, 0) is 35.2 Å². The number of benzene rings is 9. The number of imidazole rings is 1. The van der Waals surface area contributed by atoms with Gasteiger partial charge in [0.25, 0.3) is 0 Å². The Morgan fingerprint density at radius 2 is 1.03 bits per heavy atom. The topological polar surface area (TPSA) is 35.2 Å². The molecule has 9 aromatic carbocycles. The van der Waals surface area contributed by atoms with Crippen LogP contribution in [0.3, 0.4) is 0 Å². The fraction of sp³-hybridized carbons (Fsp3) is 0.0909. The van der Waals surface area contributed by atoms with E-state index in [0.717, 1.165) is 65.9 Å². The Kier molecular flexibility index (Phi) is 11.6. The summed E-state index contributed by atoms with van der Waals surface area (Å²) >= 11 is 2.53. The van der Waals surface area contributed by atoms with Crippen LogP contribution in [-0.2, 0) is 31.3 Å². The van der Waals surface area contributed by atoms with Crippen molar-refractivity contribution in [2.24, 2.45) is 0 Å². The van der Waals surface area contributed by atoms with Crippen molar-refractivity contribution < 1.29 is 24.1 Å². The summed E-state index contributed by atoms with van der Waals surface area (Å²) in [6, 6.07) is 80.3. The number of fused-ring (bicyclic) bond motifs is 4. The van der Waals surface area contributed by atoms with Gasteiger partial charge >= 0.3 is 321 Å². The summed E-state index contributed by atoms with van der Waals surface area (Å²) in [4.78, 5) is 7.49. The first kappa shape index (κ1) is 45.1. The van der Waals surface area contributed by atoms with Gasteiger partial charge in [0.15, 0.2) is 0 Å². The summed E-state index contributed by atoms with van der Waals surface area (Å²) in [6.07, 6.45) is 2.02. The fourth-order valence-electron chi connectivity index (χ4n) is 10.3. The molecule has 0 radical (unpaired) electrons. The van der Waals surface area contributed by atoms with E-state index in [2.05, 4.69) is 279 Å². The van der Waals surface area contributed by atoms with Gasteiger partial charge < -0.3 is 0 Å². The molecule has 0 amide bonds. The van der Waals surface area contributed by atoms with Crippen LogP contribution in [0.25, 0.3) is 78.0 Å². The zero-order valence-electron chi connectivity index (χ0n) is 40.7. The number of anilines is 2. The van der Waals surface area contributed by atoms with Crippen LogP contribution in [0.1, 0.15) is 37.5 Å². The Balaban J connectivity index is 0.967. The molecule has 0 saturated heterocycles. The summed E-state index contributed by atoms with van der Waals surface area (Å²) in [5.74, 6) is 2.39. The minimum atomic E-state index is -0.0739. The van der Waals surface area contributed by atoms with Crippen molar-refractivity contribution in [2.75, 3.05) is 4.90 Å². The Morgan fingerprint density at radius 1 is 0.472 bits per heavy atom. The Morgan fingerprint density at radius 3 is 1.64 bits per heavy atom. The molecule has 0 unspecified atom stereocenters. The quantitative estimate of drug-likeness (QED) is 0.144. The second kappa shape index (κ2) is 18.6. The monoisotopic (exact) mass is 1110 g/mol. The van der Waals surface area contributed by atoms with Crippen molar-refractivity contribution in [3.63, 3.8) is 0 Å². The molecule has 72 heavy (non-hydrogen) atoms. The summed E-state index contributed by atoms with van der Waals surface area (Å²) in [7, 11) is 0. The van der Waals surface area contributed by atoms with E-state index in [0.29, 0.717) is 6.54 Å². The van der Waals surface area contributed by atoms with Crippen LogP contribution >= 0.6 is 0 Å². The fourth-order valence-corrected chi connectivity index (χ4v) is 11.4. The van der Waals surface area contributed by atoms with Gasteiger partial charge in [-0.1, -0.05) is 66.7 Å². The van der Waals surface area contributed by atoms with Crippen molar-refractivity contribution in [1.82, 2.24) is 14.1 Å². The molecule has 0 aliphatic carbocycles. The molecule has 0 atom stereocenters. The molecule has 2 aromatic heterocycles. The molecule has 0 N–H and O–H groups in total. The molecule has 0 bridgehead atoms. The van der Waals surface area contributed by atoms with Crippen LogP contribution in [0.2, 0.25) is 0 Å². The van der Waals surface area contributed by atoms with Gasteiger partial charge in [-0.15, -0.1) is 0 Å². The first-order valence-corrected chi connectivity index (χ1v) is 25.7. The average Bonchev–Trinajstić information content (AvgIpc) is 3.71. The predicted octanol–water partition coefficient (Wildman–Crippen LogP) is 17.3.